The molecule has 1 N–H and O–H groups in total. The number of ketones is 2. The van der Waals surface area contributed by atoms with Gasteiger partial charge in [0.1, 0.15) is 5.78 Å². The monoisotopic (exact) mass is 316 g/mol. The highest BCUT2D eigenvalue weighted by atomic mass is 16.2. The molecule has 1 unspecified atom stereocenters. The van der Waals surface area contributed by atoms with Gasteiger partial charge >= 0.3 is 0 Å². The largest absolute Gasteiger partial charge is 0.387 e. The van der Waals surface area contributed by atoms with Crippen LogP contribution in [0.2, 0.25) is 0 Å². The number of carbonyl (C=O) groups is 4. The van der Waals surface area contributed by atoms with E-state index < -0.39 is 17.9 Å². The fraction of sp³-hybridized carbons (Fsp3) is 0.412. The van der Waals surface area contributed by atoms with Gasteiger partial charge in [0.25, 0.3) is 11.8 Å². The standard InChI is InChI=1S/C17H20N2O4/c1-4-11(21)8-9-14(10(2)20)19-16(22)12-6-5-7-13(18-3)15(12)17(19)23/h5-7,14,18H,4,8-9H2,1-3H3. The third-order valence-corrected chi connectivity index (χ3v) is 4.09. The van der Waals surface area contributed by atoms with Gasteiger partial charge in [0.15, 0.2) is 5.78 Å². The van der Waals surface area contributed by atoms with Crippen LogP contribution in [-0.2, 0) is 9.59 Å². The Hall–Kier alpha value is -2.50. The summed E-state index contributed by atoms with van der Waals surface area (Å²) in [7, 11) is 1.67. The quantitative estimate of drug-likeness (QED) is 0.778. The number of amides is 2. The number of rotatable bonds is 7. The van der Waals surface area contributed by atoms with E-state index in [-0.39, 0.29) is 35.5 Å². The predicted molar refractivity (Wildman–Crippen MR) is 85.5 cm³/mol. The summed E-state index contributed by atoms with van der Waals surface area (Å²) >= 11 is 0. The van der Waals surface area contributed by atoms with E-state index in [9.17, 15) is 19.2 Å². The van der Waals surface area contributed by atoms with Crippen molar-refractivity contribution in [3.05, 3.63) is 29.3 Å². The summed E-state index contributed by atoms with van der Waals surface area (Å²) in [6.07, 6.45) is 0.714. The van der Waals surface area contributed by atoms with Crippen molar-refractivity contribution >= 4 is 29.1 Å². The molecule has 1 aliphatic rings. The Morgan fingerprint density at radius 2 is 1.91 bits per heavy atom. The van der Waals surface area contributed by atoms with Crippen molar-refractivity contribution in [3.63, 3.8) is 0 Å². The van der Waals surface area contributed by atoms with Crippen molar-refractivity contribution in [2.75, 3.05) is 12.4 Å². The van der Waals surface area contributed by atoms with Gasteiger partial charge in [-0.25, -0.2) is 0 Å². The first-order valence-electron chi connectivity index (χ1n) is 7.63. The lowest BCUT2D eigenvalue weighted by molar-refractivity contribution is -0.122. The SMILES string of the molecule is CCC(=O)CCC(C(C)=O)N1C(=O)c2cccc(NC)c2C1=O. The molecule has 2 amide bonds. The number of nitrogens with zero attached hydrogens (tertiary/aromatic N) is 1. The highest BCUT2D eigenvalue weighted by Crippen LogP contribution is 2.31. The normalized spacial score (nSPS) is 14.7. The van der Waals surface area contributed by atoms with Crippen LogP contribution in [0.5, 0.6) is 0 Å². The van der Waals surface area contributed by atoms with Crippen molar-refractivity contribution < 1.29 is 19.2 Å². The minimum atomic E-state index is -0.900. The molecule has 122 valence electrons. The number of imide groups is 1. The van der Waals surface area contributed by atoms with Gasteiger partial charge in [-0.15, -0.1) is 0 Å². The number of benzene rings is 1. The third-order valence-electron chi connectivity index (χ3n) is 4.09. The molecule has 0 saturated carbocycles. The smallest absolute Gasteiger partial charge is 0.264 e. The molecular weight excluding hydrogens is 296 g/mol. The van der Waals surface area contributed by atoms with Gasteiger partial charge in [0.2, 0.25) is 0 Å². The molecule has 6 heteroatoms. The molecular formula is C17H20N2O4. The molecule has 0 saturated heterocycles. The van der Waals surface area contributed by atoms with Crippen molar-refractivity contribution in [3.8, 4) is 0 Å². The molecule has 23 heavy (non-hydrogen) atoms. The summed E-state index contributed by atoms with van der Waals surface area (Å²) in [5, 5.41) is 2.89. The summed E-state index contributed by atoms with van der Waals surface area (Å²) in [6.45, 7) is 3.08. The van der Waals surface area contributed by atoms with Crippen molar-refractivity contribution in [2.24, 2.45) is 0 Å². The second-order valence-electron chi connectivity index (χ2n) is 5.52. The van der Waals surface area contributed by atoms with E-state index in [2.05, 4.69) is 5.32 Å². The second-order valence-corrected chi connectivity index (χ2v) is 5.52. The molecule has 1 atom stereocenters. The van der Waals surface area contributed by atoms with Crippen LogP contribution in [0.4, 0.5) is 5.69 Å². The van der Waals surface area contributed by atoms with Crippen molar-refractivity contribution in [1.82, 2.24) is 4.90 Å². The lowest BCUT2D eigenvalue weighted by atomic mass is 10.0. The molecule has 0 bridgehead atoms. The number of hydrogen-bond donors (Lipinski definition) is 1. The number of carbonyl (C=O) groups excluding carboxylic acids is 4. The minimum absolute atomic E-state index is 0.00349. The van der Waals surface area contributed by atoms with E-state index in [4.69, 9.17) is 0 Å². The summed E-state index contributed by atoms with van der Waals surface area (Å²) in [5.74, 6) is -1.26. The number of anilines is 1. The number of hydrogen-bond acceptors (Lipinski definition) is 5. The maximum atomic E-state index is 12.7. The Kier molecular flexibility index (Phi) is 4.93. The van der Waals surface area contributed by atoms with Gasteiger partial charge in [-0.05, 0) is 25.5 Å². The molecule has 6 nitrogen and oxygen atoms in total. The Balaban J connectivity index is 2.35. The van der Waals surface area contributed by atoms with Crippen LogP contribution in [0.15, 0.2) is 18.2 Å². The fourth-order valence-corrected chi connectivity index (χ4v) is 2.78. The van der Waals surface area contributed by atoms with Gasteiger partial charge in [-0.1, -0.05) is 13.0 Å². The number of nitrogens with one attached hydrogen (secondary N) is 1. The Labute approximate surface area is 134 Å². The lowest BCUT2D eigenvalue weighted by Gasteiger charge is -2.23. The summed E-state index contributed by atoms with van der Waals surface area (Å²) in [4.78, 5) is 49.7. The summed E-state index contributed by atoms with van der Waals surface area (Å²) in [6, 6.07) is 4.06. The average Bonchev–Trinajstić information content (AvgIpc) is 2.79. The van der Waals surface area contributed by atoms with Crippen LogP contribution in [-0.4, -0.2) is 41.4 Å². The van der Waals surface area contributed by atoms with E-state index in [0.29, 0.717) is 12.1 Å². The topological polar surface area (TPSA) is 83.6 Å². The molecule has 2 rings (SSSR count). The highest BCUT2D eigenvalue weighted by molar-refractivity contribution is 6.25. The van der Waals surface area contributed by atoms with Crippen molar-refractivity contribution in [2.45, 2.75) is 39.2 Å². The molecule has 1 aliphatic heterocycles. The van der Waals surface area contributed by atoms with Crippen LogP contribution in [0, 0.1) is 0 Å². The zero-order chi connectivity index (χ0) is 17.1. The number of fused-ring (bicyclic) bond motifs is 1. The minimum Gasteiger partial charge on any atom is -0.387 e. The Morgan fingerprint density at radius 3 is 2.48 bits per heavy atom. The van der Waals surface area contributed by atoms with Gasteiger partial charge in [0, 0.05) is 25.6 Å². The molecule has 1 aromatic rings. The lowest BCUT2D eigenvalue weighted by Crippen LogP contribution is -2.44. The zero-order valence-corrected chi connectivity index (χ0v) is 13.5. The fourth-order valence-electron chi connectivity index (χ4n) is 2.78. The van der Waals surface area contributed by atoms with E-state index >= 15 is 0 Å². The van der Waals surface area contributed by atoms with Crippen LogP contribution >= 0.6 is 0 Å². The average molecular weight is 316 g/mol. The van der Waals surface area contributed by atoms with Crippen LogP contribution in [0.25, 0.3) is 0 Å². The molecule has 0 aliphatic carbocycles. The van der Waals surface area contributed by atoms with E-state index in [1.165, 1.54) is 6.92 Å². The van der Waals surface area contributed by atoms with Crippen LogP contribution < -0.4 is 5.32 Å². The predicted octanol–water partition coefficient (Wildman–Crippen LogP) is 2.04. The Bertz CT molecular complexity index is 681. The van der Waals surface area contributed by atoms with Crippen LogP contribution in [0.3, 0.4) is 0 Å². The van der Waals surface area contributed by atoms with E-state index in [1.807, 2.05) is 0 Å². The van der Waals surface area contributed by atoms with E-state index in [0.717, 1.165) is 4.90 Å². The first-order valence-corrected chi connectivity index (χ1v) is 7.63. The van der Waals surface area contributed by atoms with Crippen LogP contribution in [0.1, 0.15) is 53.8 Å². The van der Waals surface area contributed by atoms with E-state index in [1.54, 1.807) is 32.2 Å². The van der Waals surface area contributed by atoms with Gasteiger partial charge in [0.05, 0.1) is 17.2 Å². The van der Waals surface area contributed by atoms with Crippen molar-refractivity contribution in [1.29, 1.82) is 0 Å². The molecule has 1 heterocycles. The molecule has 0 spiro atoms. The van der Waals surface area contributed by atoms with Gasteiger partial charge < -0.3 is 5.32 Å². The highest BCUT2D eigenvalue weighted by Gasteiger charge is 2.42. The summed E-state index contributed by atoms with van der Waals surface area (Å²) in [5.41, 5.74) is 1.12. The first kappa shape index (κ1) is 16.9. The summed E-state index contributed by atoms with van der Waals surface area (Å²) < 4.78 is 0. The third kappa shape index (κ3) is 3.02. The molecule has 1 aromatic carbocycles. The number of Topliss-reactive ketones (excluding diaryl/α,β-unsaturated/α-hetero) is 2. The zero-order valence-electron chi connectivity index (χ0n) is 13.5. The Morgan fingerprint density at radius 1 is 1.22 bits per heavy atom. The maximum absolute atomic E-state index is 12.7. The maximum Gasteiger partial charge on any atom is 0.264 e. The molecule has 0 radical (unpaired) electrons. The molecule has 0 fully saturated rings. The molecule has 0 aromatic heterocycles. The van der Waals surface area contributed by atoms with Gasteiger partial charge in [-0.2, -0.15) is 0 Å². The van der Waals surface area contributed by atoms with Gasteiger partial charge in [-0.3, -0.25) is 24.1 Å². The first-order chi connectivity index (χ1) is 10.9. The second kappa shape index (κ2) is 6.73.